The van der Waals surface area contributed by atoms with Crippen molar-refractivity contribution in [2.75, 3.05) is 32.1 Å². The molecule has 0 atom stereocenters. The highest BCUT2D eigenvalue weighted by atomic mass is 32.2. The fraction of sp³-hybridized carbons (Fsp3) is 0.950. The molecule has 0 spiro atoms. The van der Waals surface area contributed by atoms with Gasteiger partial charge in [-0.2, -0.15) is 0 Å². The molecule has 0 unspecified atom stereocenters. The lowest BCUT2D eigenvalue weighted by atomic mass is 10.4. The smallest absolute Gasteiger partial charge is 0.339 e. The third-order valence-corrected chi connectivity index (χ3v) is 9.49. The van der Waals surface area contributed by atoms with Crippen LogP contribution in [0.5, 0.6) is 0 Å². The minimum Gasteiger partial charge on any atom is -0.397 e. The lowest BCUT2D eigenvalue weighted by Crippen LogP contribution is -2.43. The second-order valence-electron chi connectivity index (χ2n) is 6.97. The molecular formula is C20H43NO3S2Si. The van der Waals surface area contributed by atoms with Crippen LogP contribution in [0.3, 0.4) is 0 Å². The van der Waals surface area contributed by atoms with Crippen molar-refractivity contribution >= 4 is 38.0 Å². The Balaban J connectivity index is 4.59. The second-order valence-corrected chi connectivity index (χ2v) is 11.5. The molecular weight excluding hydrogens is 394 g/mol. The van der Waals surface area contributed by atoms with Crippen molar-refractivity contribution in [2.45, 2.75) is 91.7 Å². The average molecular weight is 438 g/mol. The summed E-state index contributed by atoms with van der Waals surface area (Å²) in [5, 5.41) is 0.616. The maximum absolute atomic E-state index is 6.39. The number of thiocarbonyl (C=S) groups is 1. The van der Waals surface area contributed by atoms with Crippen LogP contribution in [0, 0.1) is 0 Å². The molecule has 4 nitrogen and oxygen atoms in total. The monoisotopic (exact) mass is 437 g/mol. The van der Waals surface area contributed by atoms with Crippen LogP contribution >= 0.6 is 24.3 Å². The molecule has 0 aliphatic heterocycles. The van der Waals surface area contributed by atoms with E-state index in [2.05, 4.69) is 39.5 Å². The molecule has 0 fully saturated rings. The second kappa shape index (κ2) is 18.2. The first kappa shape index (κ1) is 27.2. The summed E-state index contributed by atoms with van der Waals surface area (Å²) in [5.74, 6) is 0.872. The van der Waals surface area contributed by atoms with Gasteiger partial charge in [-0.15, -0.1) is 0 Å². The van der Waals surface area contributed by atoms with E-state index in [4.69, 9.17) is 25.3 Å². The SMILES string of the molecule is CCCCO[Si](CCC)(CCSOC(=S)N(CCC)CCC)OCCCC. The number of unbranched alkanes of at least 4 members (excludes halogenated alkanes) is 2. The van der Waals surface area contributed by atoms with E-state index >= 15 is 0 Å². The van der Waals surface area contributed by atoms with Gasteiger partial charge >= 0.3 is 8.56 Å². The van der Waals surface area contributed by atoms with Crippen LogP contribution in [0.4, 0.5) is 0 Å². The number of hydrogen-bond acceptors (Lipinski definition) is 5. The molecule has 0 radical (unpaired) electrons. The predicted molar refractivity (Wildman–Crippen MR) is 126 cm³/mol. The maximum Gasteiger partial charge on any atom is 0.339 e. The Morgan fingerprint density at radius 2 is 1.37 bits per heavy atom. The van der Waals surface area contributed by atoms with Crippen LogP contribution in [0.2, 0.25) is 12.1 Å². The summed E-state index contributed by atoms with van der Waals surface area (Å²) in [6, 6.07) is 2.02. The first-order valence-corrected chi connectivity index (χ1v) is 14.5. The average Bonchev–Trinajstić information content (AvgIpc) is 2.65. The Morgan fingerprint density at radius 3 is 1.81 bits per heavy atom. The van der Waals surface area contributed by atoms with Gasteiger partial charge in [-0.05, 0) is 43.9 Å². The Hall–Kier alpha value is 0.177. The van der Waals surface area contributed by atoms with Gasteiger partial charge in [-0.3, -0.25) is 0 Å². The topological polar surface area (TPSA) is 30.9 Å². The van der Waals surface area contributed by atoms with E-state index < -0.39 is 8.56 Å². The number of nitrogens with zero attached hydrogens (tertiary/aromatic N) is 1. The normalized spacial score (nSPS) is 11.6. The summed E-state index contributed by atoms with van der Waals surface area (Å²) in [6.07, 6.45) is 7.78. The molecule has 0 saturated heterocycles. The van der Waals surface area contributed by atoms with Crippen molar-refractivity contribution in [2.24, 2.45) is 0 Å². The highest BCUT2D eigenvalue weighted by Gasteiger charge is 2.36. The summed E-state index contributed by atoms with van der Waals surface area (Å²) in [7, 11) is -2.16. The lowest BCUT2D eigenvalue weighted by molar-refractivity contribution is 0.163. The van der Waals surface area contributed by atoms with E-state index in [1.165, 1.54) is 12.0 Å². The molecule has 0 aromatic heterocycles. The van der Waals surface area contributed by atoms with Gasteiger partial charge in [0.1, 0.15) is 0 Å². The van der Waals surface area contributed by atoms with Gasteiger partial charge in [0.15, 0.2) is 0 Å². The van der Waals surface area contributed by atoms with Gasteiger partial charge in [0, 0.05) is 38.1 Å². The maximum atomic E-state index is 6.39. The van der Waals surface area contributed by atoms with Crippen molar-refractivity contribution in [3.8, 4) is 0 Å². The fourth-order valence-corrected chi connectivity index (χ4v) is 7.72. The quantitative estimate of drug-likeness (QED) is 0.105. The Kier molecular flexibility index (Phi) is 18.3. The molecule has 0 N–H and O–H groups in total. The molecule has 0 aliphatic rings. The zero-order valence-electron chi connectivity index (χ0n) is 18.4. The Labute approximate surface area is 179 Å². The van der Waals surface area contributed by atoms with Crippen LogP contribution in [-0.4, -0.2) is 50.7 Å². The van der Waals surface area contributed by atoms with E-state index in [-0.39, 0.29) is 0 Å². The molecule has 0 heterocycles. The molecule has 0 aliphatic carbocycles. The summed E-state index contributed by atoms with van der Waals surface area (Å²) in [5.41, 5.74) is 0. The van der Waals surface area contributed by atoms with Gasteiger partial charge in [-0.1, -0.05) is 53.9 Å². The van der Waals surface area contributed by atoms with E-state index in [9.17, 15) is 0 Å². The molecule has 0 amide bonds. The van der Waals surface area contributed by atoms with Crippen molar-refractivity contribution in [3.05, 3.63) is 0 Å². The third kappa shape index (κ3) is 13.1. The van der Waals surface area contributed by atoms with Crippen molar-refractivity contribution in [1.82, 2.24) is 4.90 Å². The van der Waals surface area contributed by atoms with Crippen molar-refractivity contribution in [3.63, 3.8) is 0 Å². The van der Waals surface area contributed by atoms with Crippen molar-refractivity contribution < 1.29 is 13.0 Å². The number of hydrogen-bond donors (Lipinski definition) is 0. The lowest BCUT2D eigenvalue weighted by Gasteiger charge is -2.31. The molecule has 0 saturated carbocycles. The zero-order chi connectivity index (χ0) is 20.4. The van der Waals surface area contributed by atoms with E-state index in [0.29, 0.717) is 5.17 Å². The molecule has 27 heavy (non-hydrogen) atoms. The third-order valence-electron chi connectivity index (χ3n) is 4.30. The minimum atomic E-state index is -2.16. The first-order valence-electron chi connectivity index (χ1n) is 10.9. The zero-order valence-corrected chi connectivity index (χ0v) is 21.0. The Bertz CT molecular complexity index is 346. The predicted octanol–water partition coefficient (Wildman–Crippen LogP) is 6.54. The fourth-order valence-electron chi connectivity index (χ4n) is 2.82. The molecule has 0 aromatic carbocycles. The van der Waals surface area contributed by atoms with Gasteiger partial charge in [0.25, 0.3) is 5.17 Å². The van der Waals surface area contributed by atoms with Gasteiger partial charge in [0.2, 0.25) is 0 Å². The van der Waals surface area contributed by atoms with Crippen LogP contribution in [0.1, 0.15) is 79.6 Å². The van der Waals surface area contributed by atoms with Gasteiger partial charge in [0.05, 0.1) is 12.0 Å². The van der Waals surface area contributed by atoms with Crippen LogP contribution < -0.4 is 0 Å². The summed E-state index contributed by atoms with van der Waals surface area (Å²) in [4.78, 5) is 2.16. The van der Waals surface area contributed by atoms with Crippen molar-refractivity contribution in [1.29, 1.82) is 0 Å². The summed E-state index contributed by atoms with van der Waals surface area (Å²) < 4.78 is 18.6. The minimum absolute atomic E-state index is 0.616. The van der Waals surface area contributed by atoms with Crippen LogP contribution in [-0.2, 0) is 13.0 Å². The molecule has 0 rings (SSSR count). The van der Waals surface area contributed by atoms with E-state index in [0.717, 1.165) is 89.1 Å². The van der Waals surface area contributed by atoms with E-state index in [1.54, 1.807) is 0 Å². The number of rotatable bonds is 18. The highest BCUT2D eigenvalue weighted by molar-refractivity contribution is 7.96. The molecule has 0 bridgehead atoms. The Morgan fingerprint density at radius 1 is 0.815 bits per heavy atom. The molecule has 7 heteroatoms. The van der Waals surface area contributed by atoms with Crippen LogP contribution in [0.15, 0.2) is 0 Å². The largest absolute Gasteiger partial charge is 0.397 e. The first-order chi connectivity index (χ1) is 13.1. The van der Waals surface area contributed by atoms with Gasteiger partial charge < -0.3 is 17.9 Å². The molecule has 162 valence electrons. The standard InChI is InChI=1S/C20H43NO3S2Si/c1-6-11-15-22-27(18-10-5,23-16-12-7-2)19-17-26-24-20(25)21(13-8-3)14-9-4/h6-19H2,1-5H3. The summed E-state index contributed by atoms with van der Waals surface area (Å²) >= 11 is 6.93. The van der Waals surface area contributed by atoms with Crippen LogP contribution in [0.25, 0.3) is 0 Å². The van der Waals surface area contributed by atoms with E-state index in [1.807, 2.05) is 0 Å². The molecule has 0 aromatic rings. The van der Waals surface area contributed by atoms with Gasteiger partial charge in [-0.25, -0.2) is 0 Å². The highest BCUT2D eigenvalue weighted by Crippen LogP contribution is 2.25. The summed E-state index contributed by atoms with van der Waals surface area (Å²) in [6.45, 7) is 14.5.